The van der Waals surface area contributed by atoms with Crippen molar-refractivity contribution in [3.05, 3.63) is 208 Å². The molecule has 0 aliphatic rings. The van der Waals surface area contributed by atoms with Crippen molar-refractivity contribution in [1.82, 2.24) is 0 Å². The van der Waals surface area contributed by atoms with Crippen molar-refractivity contribution in [2.45, 2.75) is 0 Å². The smallest absolute Gasteiger partial charge is 0.200 e. The van der Waals surface area contributed by atoms with Gasteiger partial charge in [-0.05, 0) is 0 Å². The van der Waals surface area contributed by atoms with E-state index in [1.807, 2.05) is 0 Å². The molecule has 6 N–H and O–H groups in total. The first-order valence-corrected chi connectivity index (χ1v) is 23.6. The van der Waals surface area contributed by atoms with Crippen LogP contribution in [0, 0.1) is 175 Å². The van der Waals surface area contributed by atoms with Gasteiger partial charge in [-0.25, -0.2) is 162 Å². The van der Waals surface area contributed by atoms with Crippen LogP contribution >= 0.6 is 0 Å². The van der Waals surface area contributed by atoms with Gasteiger partial charge in [-0.1, -0.05) is 0 Å². The fourth-order valence-electron chi connectivity index (χ4n) is 7.29. The molecule has 8 rings (SSSR count). The molecular weight excluding hydrogens is 1400 g/mol. The van der Waals surface area contributed by atoms with Crippen molar-refractivity contribution in [2.24, 2.45) is 30.0 Å². The van der Waals surface area contributed by atoms with Crippen molar-refractivity contribution in [3.63, 3.8) is 0 Å². The molecule has 0 radical (unpaired) electrons. The van der Waals surface area contributed by atoms with Crippen LogP contribution in [-0.4, -0.2) is 67.9 Å². The Morgan fingerprint density at radius 1 is 0.135 bits per heavy atom. The first kappa shape index (κ1) is 71.9. The number of phenolic OH excluding ortho intramolecular Hbond substituents is 6. The second-order valence-electron chi connectivity index (χ2n) is 17.6. The molecule has 0 aliphatic heterocycles. The van der Waals surface area contributed by atoms with Gasteiger partial charge in [-0.15, -0.1) is 0 Å². The molecule has 96 heavy (non-hydrogen) atoms. The Labute approximate surface area is 505 Å². The number of hydrogen-bond acceptors (Lipinski definition) is 12. The van der Waals surface area contributed by atoms with Crippen molar-refractivity contribution in [3.8, 4) is 34.5 Å². The fourth-order valence-corrected chi connectivity index (χ4v) is 7.29. The summed E-state index contributed by atoms with van der Waals surface area (Å²) in [6.07, 6.45) is -0.620. The zero-order valence-electron chi connectivity index (χ0n) is 44.2. The molecular formula is C54H12F30N6O6. The lowest BCUT2D eigenvalue weighted by molar-refractivity contribution is 0.381. The topological polar surface area (TPSA) is 196 Å². The van der Waals surface area contributed by atoms with Crippen LogP contribution in [0.1, 0.15) is 33.4 Å². The van der Waals surface area contributed by atoms with Gasteiger partial charge in [0, 0.05) is 37.3 Å². The minimum atomic E-state index is -2.64. The Morgan fingerprint density at radius 3 is 0.292 bits per heavy atom. The van der Waals surface area contributed by atoms with E-state index in [0.717, 1.165) is 0 Å². The first-order valence-electron chi connectivity index (χ1n) is 23.6. The lowest BCUT2D eigenvalue weighted by atomic mass is 10.0. The van der Waals surface area contributed by atoms with Crippen LogP contribution in [-0.2, 0) is 0 Å². The van der Waals surface area contributed by atoms with Crippen LogP contribution in [0.3, 0.4) is 0 Å². The van der Waals surface area contributed by atoms with Crippen LogP contribution in [0.15, 0.2) is 30.0 Å². The summed E-state index contributed by atoms with van der Waals surface area (Å²) < 4.78 is 413. The third-order valence-electron chi connectivity index (χ3n) is 12.1. The fraction of sp³-hybridized carbons (Fsp3) is 0. The maximum atomic E-state index is 14.1. The molecule has 12 nitrogen and oxygen atoms in total. The Bertz CT molecular complexity index is 3880. The molecule has 504 valence electrons. The summed E-state index contributed by atoms with van der Waals surface area (Å²) in [4.78, 5) is 17.4. The Balaban J connectivity index is 0.000000271. The van der Waals surface area contributed by atoms with E-state index in [9.17, 15) is 162 Å². The van der Waals surface area contributed by atoms with Crippen LogP contribution in [0.25, 0.3) is 0 Å². The summed E-state index contributed by atoms with van der Waals surface area (Å²) in [5.41, 5.74) is -20.2. The molecule has 8 aromatic rings. The van der Waals surface area contributed by atoms with Crippen molar-refractivity contribution < 1.29 is 162 Å². The van der Waals surface area contributed by atoms with Gasteiger partial charge in [0.2, 0.25) is 34.9 Å². The number of aliphatic imine (C=N–C) groups is 6. The molecule has 0 spiro atoms. The average molecular weight is 1410 g/mol. The summed E-state index contributed by atoms with van der Waals surface area (Å²) >= 11 is 0. The molecule has 0 saturated heterocycles. The summed E-state index contributed by atoms with van der Waals surface area (Å²) in [5.74, 6) is -87.2. The van der Waals surface area contributed by atoms with E-state index in [4.69, 9.17) is 0 Å². The number of phenols is 6. The van der Waals surface area contributed by atoms with Crippen LogP contribution < -0.4 is 0 Å². The second kappa shape index (κ2) is 27.2. The van der Waals surface area contributed by atoms with Crippen LogP contribution in [0.5, 0.6) is 34.5 Å². The lowest BCUT2D eigenvalue weighted by Crippen LogP contribution is -2.03. The molecule has 0 unspecified atom stereocenters. The van der Waals surface area contributed by atoms with E-state index in [-0.39, 0.29) is 37.3 Å². The van der Waals surface area contributed by atoms with Gasteiger partial charge in [-0.3, -0.25) is 0 Å². The minimum absolute atomic E-state index is 0.103. The number of rotatable bonds is 12. The molecule has 0 fully saturated rings. The molecule has 0 aromatic heterocycles. The number of aromatic hydroxyl groups is 6. The number of halogens is 30. The average Bonchev–Trinajstić information content (AvgIpc) is 0.773. The Hall–Kier alpha value is -11.5. The van der Waals surface area contributed by atoms with E-state index < -0.39 is 277 Å². The lowest BCUT2D eigenvalue weighted by Gasteiger charge is -2.13. The third-order valence-corrected chi connectivity index (χ3v) is 12.1. The monoisotopic (exact) mass is 1410 g/mol. The summed E-state index contributed by atoms with van der Waals surface area (Å²) in [5, 5.41) is 63.6. The van der Waals surface area contributed by atoms with Crippen LogP contribution in [0.4, 0.5) is 166 Å². The summed E-state index contributed by atoms with van der Waals surface area (Å²) in [7, 11) is 0. The molecule has 0 atom stereocenters. The standard InChI is InChI=1S/2C27H6F15N3O3/c2*28-7-10(31)16(37)22(17(38)11(7)32)43-1-4-25(46)5(2-44-23-18(39)12(33)8(29)13(34)19(23)40)27(48)6(26(4)47)3-45-24-20(41)14(35)9(30)15(36)21(24)42/h2*1-3,46-48H. The van der Waals surface area contributed by atoms with E-state index in [0.29, 0.717) is 0 Å². The highest BCUT2D eigenvalue weighted by atomic mass is 19.2. The van der Waals surface area contributed by atoms with E-state index in [2.05, 4.69) is 30.0 Å². The molecule has 0 saturated carbocycles. The minimum Gasteiger partial charge on any atom is -0.506 e. The van der Waals surface area contributed by atoms with E-state index in [1.54, 1.807) is 0 Å². The molecule has 0 heterocycles. The summed E-state index contributed by atoms with van der Waals surface area (Å²) in [6, 6.07) is 0. The molecule has 8 aromatic carbocycles. The van der Waals surface area contributed by atoms with Crippen molar-refractivity contribution in [1.29, 1.82) is 0 Å². The van der Waals surface area contributed by atoms with Gasteiger partial charge in [-0.2, -0.15) is 0 Å². The quantitative estimate of drug-likeness (QED) is 0.0305. The highest BCUT2D eigenvalue weighted by molar-refractivity contribution is 6.06. The number of nitrogens with zero attached hydrogens (tertiary/aromatic N) is 6. The maximum absolute atomic E-state index is 14.1. The van der Waals surface area contributed by atoms with Gasteiger partial charge < -0.3 is 30.6 Å². The normalized spacial score (nSPS) is 12.1. The summed E-state index contributed by atoms with van der Waals surface area (Å²) in [6.45, 7) is 0. The molecule has 0 bridgehead atoms. The highest BCUT2D eigenvalue weighted by Gasteiger charge is 2.33. The number of hydrogen-bond donors (Lipinski definition) is 6. The van der Waals surface area contributed by atoms with Gasteiger partial charge in [0.05, 0.1) is 33.4 Å². The van der Waals surface area contributed by atoms with Gasteiger partial charge >= 0.3 is 0 Å². The Kier molecular flexibility index (Phi) is 20.4. The van der Waals surface area contributed by atoms with E-state index in [1.165, 1.54) is 0 Å². The first-order chi connectivity index (χ1) is 44.7. The van der Waals surface area contributed by atoms with Crippen LogP contribution in [0.2, 0.25) is 0 Å². The predicted molar refractivity (Wildman–Crippen MR) is 264 cm³/mol. The highest BCUT2D eigenvalue weighted by Crippen LogP contribution is 2.45. The van der Waals surface area contributed by atoms with Gasteiger partial charge in [0.25, 0.3) is 0 Å². The molecule has 0 amide bonds. The Morgan fingerprint density at radius 2 is 0.208 bits per heavy atom. The predicted octanol–water partition coefficient (Wildman–Crippen LogP) is 16.3. The molecule has 42 heteroatoms. The maximum Gasteiger partial charge on any atom is 0.200 e. The van der Waals surface area contributed by atoms with Crippen molar-refractivity contribution >= 4 is 71.4 Å². The van der Waals surface area contributed by atoms with Gasteiger partial charge in [0.15, 0.2) is 140 Å². The number of benzene rings is 8. The third kappa shape index (κ3) is 12.4. The zero-order valence-corrected chi connectivity index (χ0v) is 44.2. The second-order valence-corrected chi connectivity index (χ2v) is 17.6. The molecule has 0 aliphatic carbocycles. The van der Waals surface area contributed by atoms with Gasteiger partial charge in [0.1, 0.15) is 68.6 Å². The largest absolute Gasteiger partial charge is 0.506 e. The van der Waals surface area contributed by atoms with E-state index >= 15 is 0 Å². The SMILES string of the molecule is Oc1c(C=Nc2c(F)c(F)c(F)c(F)c2F)c(O)c(C=Nc2c(F)c(F)c(F)c(F)c2F)c(O)c1C=Nc1c(F)c(F)c(F)c(F)c1F.Oc1c(C=Nc2c(F)c(F)c(F)c(F)c2F)c(O)c(C=Nc2c(F)c(F)c(F)c(F)c2F)c(O)c1C=Nc1c(F)c(F)c(F)c(F)c1F. The zero-order chi connectivity index (χ0) is 72.2. The van der Waals surface area contributed by atoms with Crippen molar-refractivity contribution in [2.75, 3.05) is 0 Å².